The summed E-state index contributed by atoms with van der Waals surface area (Å²) in [5, 5.41) is 0. The number of carbonyl (C=O) groups is 1. The smallest absolute Gasteiger partial charge is 0.471 e. The minimum atomic E-state index is -4.79. The quantitative estimate of drug-likeness (QED) is 0.733. The number of para-hydroxylation sites is 1. The van der Waals surface area contributed by atoms with Crippen LogP contribution in [0.3, 0.4) is 0 Å². The fourth-order valence-electron chi connectivity index (χ4n) is 2.94. The molecule has 1 saturated heterocycles. The minimum Gasteiger partial charge on any atom is -0.487 e. The number of rotatable bonds is 0. The lowest BCUT2D eigenvalue weighted by Gasteiger charge is -2.38. The van der Waals surface area contributed by atoms with E-state index in [2.05, 4.69) is 0 Å². The van der Waals surface area contributed by atoms with Crippen LogP contribution >= 0.6 is 0 Å². The number of halogens is 3. The summed E-state index contributed by atoms with van der Waals surface area (Å²) in [6.07, 6.45) is -3.21. The van der Waals surface area contributed by atoms with Crippen LogP contribution in [0.15, 0.2) is 24.3 Å². The zero-order chi connectivity index (χ0) is 14.4. The lowest BCUT2D eigenvalue weighted by Crippen LogP contribution is -2.52. The first-order valence-corrected chi connectivity index (χ1v) is 6.53. The maximum absolute atomic E-state index is 12.4. The van der Waals surface area contributed by atoms with Crippen molar-refractivity contribution in [2.24, 2.45) is 0 Å². The maximum atomic E-state index is 12.4. The molecule has 0 N–H and O–H groups in total. The molecule has 1 amide bonds. The summed E-state index contributed by atoms with van der Waals surface area (Å²) in [6, 6.07) is 7.64. The average Bonchev–Trinajstić information content (AvgIpc) is 2.75. The molecule has 0 radical (unpaired) electrons. The van der Waals surface area contributed by atoms with E-state index in [9.17, 15) is 18.0 Å². The van der Waals surface area contributed by atoms with E-state index in [0.717, 1.165) is 16.2 Å². The first kappa shape index (κ1) is 13.3. The number of amides is 1. The van der Waals surface area contributed by atoms with Gasteiger partial charge in [-0.1, -0.05) is 18.2 Å². The number of piperidine rings is 1. The highest BCUT2D eigenvalue weighted by Gasteiger charge is 2.47. The van der Waals surface area contributed by atoms with Crippen molar-refractivity contribution in [3.63, 3.8) is 0 Å². The monoisotopic (exact) mass is 285 g/mol. The van der Waals surface area contributed by atoms with E-state index < -0.39 is 17.7 Å². The van der Waals surface area contributed by atoms with Crippen LogP contribution in [0.5, 0.6) is 5.75 Å². The van der Waals surface area contributed by atoms with Crippen LogP contribution in [0.2, 0.25) is 0 Å². The number of carbonyl (C=O) groups excluding carboxylic acids is 1. The molecule has 1 aromatic rings. The second kappa shape index (κ2) is 4.40. The van der Waals surface area contributed by atoms with Gasteiger partial charge in [-0.25, -0.2) is 0 Å². The lowest BCUT2D eigenvalue weighted by atomic mass is 9.87. The molecule has 2 aliphatic rings. The molecule has 2 aliphatic heterocycles. The largest absolute Gasteiger partial charge is 0.487 e. The third kappa shape index (κ3) is 2.23. The lowest BCUT2D eigenvalue weighted by molar-refractivity contribution is -0.188. The van der Waals surface area contributed by atoms with E-state index in [0.29, 0.717) is 19.3 Å². The van der Waals surface area contributed by atoms with Gasteiger partial charge in [0.05, 0.1) is 0 Å². The Balaban J connectivity index is 1.67. The van der Waals surface area contributed by atoms with Gasteiger partial charge in [-0.05, 0) is 11.6 Å². The Hall–Kier alpha value is -1.72. The van der Waals surface area contributed by atoms with Crippen LogP contribution in [0.1, 0.15) is 18.4 Å². The number of alkyl halides is 3. The molecule has 3 nitrogen and oxygen atoms in total. The maximum Gasteiger partial charge on any atom is 0.471 e. The number of fused-ring (bicyclic) bond motifs is 1. The van der Waals surface area contributed by atoms with Gasteiger partial charge in [-0.2, -0.15) is 13.2 Å². The highest BCUT2D eigenvalue weighted by Crippen LogP contribution is 2.41. The molecule has 3 rings (SSSR count). The first-order valence-electron chi connectivity index (χ1n) is 6.53. The topological polar surface area (TPSA) is 29.5 Å². The number of nitrogens with zero attached hydrogens (tertiary/aromatic N) is 1. The van der Waals surface area contributed by atoms with Gasteiger partial charge in [0.25, 0.3) is 0 Å². The van der Waals surface area contributed by atoms with Crippen LogP contribution < -0.4 is 4.74 Å². The Bertz CT molecular complexity index is 506. The highest BCUT2D eigenvalue weighted by atomic mass is 19.4. The molecule has 6 heteroatoms. The van der Waals surface area contributed by atoms with Crippen LogP contribution in [0.25, 0.3) is 0 Å². The van der Waals surface area contributed by atoms with Gasteiger partial charge in [0, 0.05) is 32.4 Å². The van der Waals surface area contributed by atoms with E-state index in [-0.39, 0.29) is 13.1 Å². The summed E-state index contributed by atoms with van der Waals surface area (Å²) < 4.78 is 43.1. The molecule has 1 aromatic carbocycles. The van der Waals surface area contributed by atoms with Crippen LogP contribution in [-0.4, -0.2) is 35.7 Å². The summed E-state index contributed by atoms with van der Waals surface area (Å²) in [6.45, 7) is 0.179. The van der Waals surface area contributed by atoms with Crippen molar-refractivity contribution in [1.82, 2.24) is 4.90 Å². The number of ether oxygens (including phenoxy) is 1. The number of hydrogen-bond acceptors (Lipinski definition) is 2. The van der Waals surface area contributed by atoms with E-state index >= 15 is 0 Å². The summed E-state index contributed by atoms with van der Waals surface area (Å²) >= 11 is 0. The Morgan fingerprint density at radius 3 is 2.45 bits per heavy atom. The van der Waals surface area contributed by atoms with Crippen molar-refractivity contribution in [2.75, 3.05) is 13.1 Å². The highest BCUT2D eigenvalue weighted by molar-refractivity contribution is 5.82. The first-order chi connectivity index (χ1) is 9.40. The third-order valence-electron chi connectivity index (χ3n) is 4.02. The van der Waals surface area contributed by atoms with Gasteiger partial charge in [0.2, 0.25) is 0 Å². The third-order valence-corrected chi connectivity index (χ3v) is 4.02. The molecule has 2 heterocycles. The second-order valence-electron chi connectivity index (χ2n) is 5.36. The molecule has 1 fully saturated rings. The van der Waals surface area contributed by atoms with Crippen molar-refractivity contribution in [3.8, 4) is 5.75 Å². The van der Waals surface area contributed by atoms with Crippen molar-refractivity contribution >= 4 is 5.91 Å². The molecule has 0 bridgehead atoms. The van der Waals surface area contributed by atoms with Crippen LogP contribution in [-0.2, 0) is 11.2 Å². The van der Waals surface area contributed by atoms with E-state index in [4.69, 9.17) is 4.74 Å². The van der Waals surface area contributed by atoms with Gasteiger partial charge in [0.15, 0.2) is 0 Å². The van der Waals surface area contributed by atoms with Gasteiger partial charge >= 0.3 is 12.1 Å². The molecule has 0 aliphatic carbocycles. The summed E-state index contributed by atoms with van der Waals surface area (Å²) in [5.41, 5.74) is 0.648. The molecule has 0 atom stereocenters. The predicted octanol–water partition coefficient (Wildman–Crippen LogP) is 2.55. The number of hydrogen-bond donors (Lipinski definition) is 0. The molecule has 108 valence electrons. The molecule has 0 saturated carbocycles. The van der Waals surface area contributed by atoms with E-state index in [1.165, 1.54) is 0 Å². The van der Waals surface area contributed by atoms with E-state index in [1.807, 2.05) is 24.3 Å². The van der Waals surface area contributed by atoms with Gasteiger partial charge in [-0.15, -0.1) is 0 Å². The molecular weight excluding hydrogens is 271 g/mol. The minimum absolute atomic E-state index is 0.0896. The van der Waals surface area contributed by atoms with Crippen molar-refractivity contribution in [1.29, 1.82) is 0 Å². The zero-order valence-electron chi connectivity index (χ0n) is 10.7. The van der Waals surface area contributed by atoms with Crippen molar-refractivity contribution in [2.45, 2.75) is 31.0 Å². The molecular formula is C14H14F3NO2. The number of likely N-dealkylation sites (tertiary alicyclic amines) is 1. The average molecular weight is 285 g/mol. The fourth-order valence-corrected chi connectivity index (χ4v) is 2.94. The van der Waals surface area contributed by atoms with Crippen molar-refractivity contribution in [3.05, 3.63) is 29.8 Å². The summed E-state index contributed by atoms with van der Waals surface area (Å²) in [4.78, 5) is 12.1. The van der Waals surface area contributed by atoms with Crippen molar-refractivity contribution < 1.29 is 22.7 Å². The van der Waals surface area contributed by atoms with Gasteiger partial charge in [-0.3, -0.25) is 4.79 Å². The summed E-state index contributed by atoms with van der Waals surface area (Å²) in [5.74, 6) is -0.939. The SMILES string of the molecule is O=C(N1CCC2(CC1)Cc1ccccc1O2)C(F)(F)F. The zero-order valence-corrected chi connectivity index (χ0v) is 10.7. The van der Waals surface area contributed by atoms with Crippen LogP contribution in [0.4, 0.5) is 13.2 Å². The Morgan fingerprint density at radius 2 is 1.85 bits per heavy atom. The standard InChI is InChI=1S/C14H14F3NO2/c15-14(16,17)12(19)18-7-5-13(6-8-18)9-10-3-1-2-4-11(10)20-13/h1-4H,5-9H2. The second-order valence-corrected chi connectivity index (χ2v) is 5.36. The molecule has 0 unspecified atom stereocenters. The predicted molar refractivity (Wildman–Crippen MR) is 65.4 cm³/mol. The Morgan fingerprint density at radius 1 is 1.20 bits per heavy atom. The fraction of sp³-hybridized carbons (Fsp3) is 0.500. The van der Waals surface area contributed by atoms with Gasteiger partial charge < -0.3 is 9.64 Å². The Labute approximate surface area is 114 Å². The van der Waals surface area contributed by atoms with Gasteiger partial charge in [0.1, 0.15) is 11.4 Å². The van der Waals surface area contributed by atoms with Crippen LogP contribution in [0, 0.1) is 0 Å². The molecule has 1 spiro atoms. The van der Waals surface area contributed by atoms with E-state index in [1.54, 1.807) is 0 Å². The Kier molecular flexibility index (Phi) is 2.92. The molecule has 0 aromatic heterocycles. The molecule has 20 heavy (non-hydrogen) atoms. The number of benzene rings is 1. The normalized spacial score (nSPS) is 20.6. The summed E-state index contributed by atoms with van der Waals surface area (Å²) in [7, 11) is 0.